The van der Waals surface area contributed by atoms with Gasteiger partial charge < -0.3 is 10.6 Å². The van der Waals surface area contributed by atoms with Gasteiger partial charge >= 0.3 is 0 Å². The molecule has 1 aliphatic heterocycles. The normalized spacial score (nSPS) is 21.3. The van der Waals surface area contributed by atoms with Crippen molar-refractivity contribution in [3.05, 3.63) is 29.3 Å². The maximum absolute atomic E-state index is 6.03. The predicted octanol–water partition coefficient (Wildman–Crippen LogP) is 3.26. The first-order chi connectivity index (χ1) is 8.61. The number of aryl methyl sites for hydroxylation is 1. The van der Waals surface area contributed by atoms with E-state index in [-0.39, 0.29) is 0 Å². The van der Waals surface area contributed by atoms with Crippen molar-refractivity contribution in [2.75, 3.05) is 11.4 Å². The van der Waals surface area contributed by atoms with E-state index in [9.17, 15) is 0 Å². The Hall–Kier alpha value is -1.02. The molecule has 2 rings (SSSR count). The molecule has 0 bridgehead atoms. The molecule has 0 aromatic heterocycles. The first kappa shape index (κ1) is 13.4. The third-order valence-corrected chi connectivity index (χ3v) is 4.15. The smallest absolute Gasteiger partial charge is 0.0398 e. The zero-order chi connectivity index (χ0) is 13.1. The molecule has 1 aromatic carbocycles. The molecule has 1 fully saturated rings. The van der Waals surface area contributed by atoms with Gasteiger partial charge in [0.2, 0.25) is 0 Å². The monoisotopic (exact) mass is 246 g/mol. The Morgan fingerprint density at radius 3 is 2.78 bits per heavy atom. The first-order valence-corrected chi connectivity index (χ1v) is 7.23. The lowest BCUT2D eigenvalue weighted by Gasteiger charge is -2.26. The van der Waals surface area contributed by atoms with E-state index in [0.717, 1.165) is 12.8 Å². The standard InChI is InChI=1S/C16H26N2/c1-4-15(17)11-14-7-8-16(12(2)10-14)18-9-5-6-13(18)3/h7-8,10,13,15H,4-6,9,11,17H2,1-3H3. The number of anilines is 1. The zero-order valence-electron chi connectivity index (χ0n) is 11.9. The third-order valence-electron chi connectivity index (χ3n) is 4.15. The van der Waals surface area contributed by atoms with Gasteiger partial charge in [0, 0.05) is 24.3 Å². The fourth-order valence-corrected chi connectivity index (χ4v) is 2.91. The fourth-order valence-electron chi connectivity index (χ4n) is 2.91. The van der Waals surface area contributed by atoms with Gasteiger partial charge in [0.05, 0.1) is 0 Å². The molecule has 1 heterocycles. The summed E-state index contributed by atoms with van der Waals surface area (Å²) in [4.78, 5) is 2.54. The minimum Gasteiger partial charge on any atom is -0.369 e. The summed E-state index contributed by atoms with van der Waals surface area (Å²) in [5.74, 6) is 0. The topological polar surface area (TPSA) is 29.3 Å². The molecule has 2 atom stereocenters. The highest BCUT2D eigenvalue weighted by Gasteiger charge is 2.21. The number of rotatable bonds is 4. The van der Waals surface area contributed by atoms with Crippen molar-refractivity contribution in [2.24, 2.45) is 5.73 Å². The van der Waals surface area contributed by atoms with Gasteiger partial charge in [0.15, 0.2) is 0 Å². The molecule has 2 unspecified atom stereocenters. The lowest BCUT2D eigenvalue weighted by atomic mass is 10.0. The average molecular weight is 246 g/mol. The quantitative estimate of drug-likeness (QED) is 0.883. The van der Waals surface area contributed by atoms with Gasteiger partial charge in [-0.05, 0) is 56.7 Å². The summed E-state index contributed by atoms with van der Waals surface area (Å²) in [5, 5.41) is 0. The second kappa shape index (κ2) is 5.75. The molecule has 100 valence electrons. The molecule has 0 radical (unpaired) electrons. The van der Waals surface area contributed by atoms with Crippen molar-refractivity contribution in [3.63, 3.8) is 0 Å². The van der Waals surface area contributed by atoms with Crippen LogP contribution in [0.3, 0.4) is 0 Å². The molecule has 1 aliphatic rings. The van der Waals surface area contributed by atoms with E-state index >= 15 is 0 Å². The maximum atomic E-state index is 6.03. The molecule has 2 N–H and O–H groups in total. The molecule has 2 nitrogen and oxygen atoms in total. The van der Waals surface area contributed by atoms with Crippen LogP contribution in [0.2, 0.25) is 0 Å². The van der Waals surface area contributed by atoms with E-state index < -0.39 is 0 Å². The third kappa shape index (κ3) is 2.86. The van der Waals surface area contributed by atoms with E-state index in [2.05, 4.69) is 43.9 Å². The molecule has 0 aliphatic carbocycles. The SMILES string of the molecule is CCC(N)Cc1ccc(N2CCCC2C)c(C)c1. The summed E-state index contributed by atoms with van der Waals surface area (Å²) in [7, 11) is 0. The molecule has 1 aromatic rings. The summed E-state index contributed by atoms with van der Waals surface area (Å²) in [6.45, 7) is 7.91. The highest BCUT2D eigenvalue weighted by molar-refractivity contribution is 5.55. The van der Waals surface area contributed by atoms with E-state index in [0.29, 0.717) is 12.1 Å². The molecule has 18 heavy (non-hydrogen) atoms. The summed E-state index contributed by atoms with van der Waals surface area (Å²) in [6.07, 6.45) is 4.68. The van der Waals surface area contributed by atoms with Gasteiger partial charge in [-0.1, -0.05) is 19.1 Å². The Kier molecular flexibility index (Phi) is 4.28. The van der Waals surface area contributed by atoms with Crippen LogP contribution in [0, 0.1) is 6.92 Å². The number of nitrogens with zero attached hydrogens (tertiary/aromatic N) is 1. The van der Waals surface area contributed by atoms with Crippen LogP contribution in [0.25, 0.3) is 0 Å². The van der Waals surface area contributed by atoms with Crippen LogP contribution >= 0.6 is 0 Å². The second-order valence-corrected chi connectivity index (χ2v) is 5.68. The van der Waals surface area contributed by atoms with Gasteiger partial charge in [0.1, 0.15) is 0 Å². The van der Waals surface area contributed by atoms with E-state index in [1.807, 2.05) is 0 Å². The number of hydrogen-bond donors (Lipinski definition) is 1. The van der Waals surface area contributed by atoms with Gasteiger partial charge in [-0.3, -0.25) is 0 Å². The number of hydrogen-bond acceptors (Lipinski definition) is 2. The minimum atomic E-state index is 0.293. The Morgan fingerprint density at radius 2 is 2.22 bits per heavy atom. The highest BCUT2D eigenvalue weighted by atomic mass is 15.2. The van der Waals surface area contributed by atoms with Crippen molar-refractivity contribution in [1.29, 1.82) is 0 Å². The average Bonchev–Trinajstić information content (AvgIpc) is 2.75. The van der Waals surface area contributed by atoms with E-state index in [4.69, 9.17) is 5.73 Å². The van der Waals surface area contributed by atoms with Gasteiger partial charge in [-0.15, -0.1) is 0 Å². The van der Waals surface area contributed by atoms with Gasteiger partial charge in [0.25, 0.3) is 0 Å². The van der Waals surface area contributed by atoms with Gasteiger partial charge in [-0.25, -0.2) is 0 Å². The van der Waals surface area contributed by atoms with Gasteiger partial charge in [-0.2, -0.15) is 0 Å². The van der Waals surface area contributed by atoms with Crippen LogP contribution in [-0.4, -0.2) is 18.6 Å². The maximum Gasteiger partial charge on any atom is 0.0398 e. The molecule has 0 spiro atoms. The van der Waals surface area contributed by atoms with Crippen LogP contribution in [0.1, 0.15) is 44.2 Å². The molecule has 2 heteroatoms. The molecule has 0 amide bonds. The fraction of sp³-hybridized carbons (Fsp3) is 0.625. The Balaban J connectivity index is 2.14. The van der Waals surface area contributed by atoms with Crippen molar-refractivity contribution in [1.82, 2.24) is 0 Å². The van der Waals surface area contributed by atoms with Crippen LogP contribution in [0.4, 0.5) is 5.69 Å². The molecular weight excluding hydrogens is 220 g/mol. The van der Waals surface area contributed by atoms with E-state index in [1.54, 1.807) is 0 Å². The number of nitrogens with two attached hydrogens (primary N) is 1. The Bertz CT molecular complexity index is 400. The van der Waals surface area contributed by atoms with Crippen molar-refractivity contribution >= 4 is 5.69 Å². The molecular formula is C16H26N2. The van der Waals surface area contributed by atoms with Crippen LogP contribution in [0.5, 0.6) is 0 Å². The summed E-state index contributed by atoms with van der Waals surface area (Å²) >= 11 is 0. The molecule has 1 saturated heterocycles. The Morgan fingerprint density at radius 1 is 1.44 bits per heavy atom. The largest absolute Gasteiger partial charge is 0.369 e. The summed E-state index contributed by atoms with van der Waals surface area (Å²) in [6, 6.07) is 7.83. The van der Waals surface area contributed by atoms with Crippen LogP contribution in [-0.2, 0) is 6.42 Å². The van der Waals surface area contributed by atoms with E-state index in [1.165, 1.54) is 36.2 Å². The lowest BCUT2D eigenvalue weighted by Crippen LogP contribution is -2.27. The van der Waals surface area contributed by atoms with Crippen LogP contribution < -0.4 is 10.6 Å². The predicted molar refractivity (Wildman–Crippen MR) is 79.2 cm³/mol. The first-order valence-electron chi connectivity index (χ1n) is 7.23. The number of benzene rings is 1. The van der Waals surface area contributed by atoms with Crippen molar-refractivity contribution in [2.45, 2.75) is 58.5 Å². The second-order valence-electron chi connectivity index (χ2n) is 5.68. The minimum absolute atomic E-state index is 0.293. The van der Waals surface area contributed by atoms with Crippen LogP contribution in [0.15, 0.2) is 18.2 Å². The van der Waals surface area contributed by atoms with Crippen molar-refractivity contribution in [3.8, 4) is 0 Å². The van der Waals surface area contributed by atoms with Crippen molar-refractivity contribution < 1.29 is 0 Å². The summed E-state index contributed by atoms with van der Waals surface area (Å²) < 4.78 is 0. The highest BCUT2D eigenvalue weighted by Crippen LogP contribution is 2.29. The zero-order valence-corrected chi connectivity index (χ0v) is 11.9. The lowest BCUT2D eigenvalue weighted by molar-refractivity contribution is 0.646. The Labute approximate surface area is 111 Å². The summed E-state index contributed by atoms with van der Waals surface area (Å²) in [5.41, 5.74) is 10.2. The molecule has 0 saturated carbocycles.